The van der Waals surface area contributed by atoms with E-state index in [0.717, 1.165) is 0 Å². The van der Waals surface area contributed by atoms with Gasteiger partial charge in [-0.25, -0.2) is 8.42 Å². The van der Waals surface area contributed by atoms with Crippen LogP contribution in [-0.2, 0) is 14.8 Å². The Hall–Kier alpha value is -1.44. The van der Waals surface area contributed by atoms with Gasteiger partial charge in [0.15, 0.2) is 0 Å². The Bertz CT molecular complexity index is 553. The second kappa shape index (κ2) is 6.34. The summed E-state index contributed by atoms with van der Waals surface area (Å²) < 4.78 is 32.4. The molecule has 0 amide bonds. The minimum Gasteiger partial charge on any atom is -0.386 e. The molecule has 1 aromatic carbocycles. The maximum absolute atomic E-state index is 12.4. The molecule has 1 unspecified atom stereocenters. The molecule has 0 saturated carbocycles. The minimum atomic E-state index is -3.53. The average molecular weight is 297 g/mol. The molecule has 0 aromatic heterocycles. The zero-order valence-corrected chi connectivity index (χ0v) is 11.9. The summed E-state index contributed by atoms with van der Waals surface area (Å²) in [5, 5.41) is 7.12. The van der Waals surface area contributed by atoms with Gasteiger partial charge >= 0.3 is 0 Å². The van der Waals surface area contributed by atoms with E-state index in [0.29, 0.717) is 31.6 Å². The van der Waals surface area contributed by atoms with Crippen molar-refractivity contribution in [1.29, 1.82) is 5.41 Å². The van der Waals surface area contributed by atoms with Gasteiger partial charge in [0.1, 0.15) is 11.9 Å². The van der Waals surface area contributed by atoms with Crippen LogP contribution < -0.4 is 10.5 Å². The van der Waals surface area contributed by atoms with Crippen molar-refractivity contribution in [3.8, 4) is 0 Å². The lowest BCUT2D eigenvalue weighted by Crippen LogP contribution is -2.43. The second-order valence-electron chi connectivity index (χ2n) is 4.77. The van der Waals surface area contributed by atoms with Gasteiger partial charge < -0.3 is 10.5 Å². The maximum Gasteiger partial charge on any atom is 0.215 e. The van der Waals surface area contributed by atoms with E-state index < -0.39 is 21.3 Å². The number of amidine groups is 1. The second-order valence-corrected chi connectivity index (χ2v) is 6.77. The van der Waals surface area contributed by atoms with Crippen molar-refractivity contribution >= 4 is 15.9 Å². The Morgan fingerprint density at radius 1 is 1.30 bits per heavy atom. The van der Waals surface area contributed by atoms with Crippen molar-refractivity contribution < 1.29 is 13.2 Å². The minimum absolute atomic E-state index is 0.216. The number of benzene rings is 1. The number of sulfonamides is 1. The fraction of sp³-hybridized carbons (Fsp3) is 0.462. The summed E-state index contributed by atoms with van der Waals surface area (Å²) >= 11 is 0. The molecule has 110 valence electrons. The molecule has 1 saturated heterocycles. The van der Waals surface area contributed by atoms with E-state index in [1.165, 1.54) is 0 Å². The van der Waals surface area contributed by atoms with Gasteiger partial charge in [-0.15, -0.1) is 0 Å². The van der Waals surface area contributed by atoms with Gasteiger partial charge in [0.2, 0.25) is 10.0 Å². The average Bonchev–Trinajstić information content (AvgIpc) is 2.46. The highest BCUT2D eigenvalue weighted by Gasteiger charge is 2.31. The van der Waals surface area contributed by atoms with E-state index in [1.807, 2.05) is 6.07 Å². The first-order valence-corrected chi connectivity index (χ1v) is 8.03. The smallest absolute Gasteiger partial charge is 0.215 e. The molecule has 6 nitrogen and oxygen atoms in total. The number of nitrogens with two attached hydrogens (primary N) is 1. The van der Waals surface area contributed by atoms with E-state index in [2.05, 4.69) is 4.72 Å². The lowest BCUT2D eigenvalue weighted by molar-refractivity contribution is 0.0981. The topological polar surface area (TPSA) is 105 Å². The lowest BCUT2D eigenvalue weighted by atomic mass is 10.1. The predicted octanol–water partition coefficient (Wildman–Crippen LogP) is 0.762. The monoisotopic (exact) mass is 297 g/mol. The van der Waals surface area contributed by atoms with Crippen LogP contribution in [0.15, 0.2) is 30.3 Å². The van der Waals surface area contributed by atoms with Crippen molar-refractivity contribution in [3.05, 3.63) is 35.9 Å². The molecule has 1 aliphatic heterocycles. The Morgan fingerprint density at radius 3 is 2.45 bits per heavy atom. The molecule has 0 radical (unpaired) electrons. The summed E-state index contributed by atoms with van der Waals surface area (Å²) in [5.74, 6) is -0.216. The third-order valence-corrected chi connectivity index (χ3v) is 5.25. The Kier molecular flexibility index (Phi) is 4.74. The fourth-order valence-electron chi connectivity index (χ4n) is 2.20. The van der Waals surface area contributed by atoms with Crippen LogP contribution in [0, 0.1) is 5.41 Å². The highest BCUT2D eigenvalue weighted by atomic mass is 32.2. The van der Waals surface area contributed by atoms with Crippen molar-refractivity contribution in [2.75, 3.05) is 13.2 Å². The number of ether oxygens (including phenoxy) is 1. The molecule has 4 N–H and O–H groups in total. The number of rotatable bonds is 5. The van der Waals surface area contributed by atoms with E-state index >= 15 is 0 Å². The Morgan fingerprint density at radius 2 is 1.90 bits per heavy atom. The standard InChI is InChI=1S/C13H19N3O3S/c14-13(15)12(10-4-2-1-3-5-10)16-20(17,18)11-6-8-19-9-7-11/h1-5,11-12,16H,6-9H2,(H3,14,15). The molecule has 0 bridgehead atoms. The molecule has 1 aliphatic rings. The highest BCUT2D eigenvalue weighted by molar-refractivity contribution is 7.90. The van der Waals surface area contributed by atoms with Gasteiger partial charge in [-0.1, -0.05) is 30.3 Å². The van der Waals surface area contributed by atoms with Crippen LogP contribution in [0.1, 0.15) is 24.4 Å². The SMILES string of the molecule is N=C(N)C(NS(=O)(=O)C1CCOCC1)c1ccccc1. The highest BCUT2D eigenvalue weighted by Crippen LogP contribution is 2.19. The Balaban J connectivity index is 2.18. The van der Waals surface area contributed by atoms with Gasteiger partial charge in [0.25, 0.3) is 0 Å². The predicted molar refractivity (Wildman–Crippen MR) is 77.0 cm³/mol. The molecule has 2 rings (SSSR count). The van der Waals surface area contributed by atoms with Crippen LogP contribution in [0.3, 0.4) is 0 Å². The van der Waals surface area contributed by atoms with Crippen LogP contribution >= 0.6 is 0 Å². The number of nitrogens with one attached hydrogen (secondary N) is 2. The molecular formula is C13H19N3O3S. The lowest BCUT2D eigenvalue weighted by Gasteiger charge is -2.25. The molecule has 1 aromatic rings. The third kappa shape index (κ3) is 3.56. The molecule has 0 aliphatic carbocycles. The van der Waals surface area contributed by atoms with Gasteiger partial charge in [-0.2, -0.15) is 4.72 Å². The van der Waals surface area contributed by atoms with E-state index in [9.17, 15) is 8.42 Å². The number of hydrogen-bond donors (Lipinski definition) is 3. The molecule has 1 fully saturated rings. The molecule has 0 spiro atoms. The van der Waals surface area contributed by atoms with E-state index in [4.69, 9.17) is 15.9 Å². The summed E-state index contributed by atoms with van der Waals surface area (Å²) in [6.45, 7) is 0.892. The first kappa shape index (κ1) is 15.0. The normalized spacial score (nSPS) is 18.6. The summed E-state index contributed by atoms with van der Waals surface area (Å²) in [7, 11) is -3.53. The van der Waals surface area contributed by atoms with Crippen LogP contribution in [0.25, 0.3) is 0 Å². The quantitative estimate of drug-likeness (QED) is 0.551. The summed E-state index contributed by atoms with van der Waals surface area (Å²) in [4.78, 5) is 0. The zero-order chi connectivity index (χ0) is 14.6. The van der Waals surface area contributed by atoms with Crippen LogP contribution in [0.2, 0.25) is 0 Å². The number of hydrogen-bond acceptors (Lipinski definition) is 4. The third-order valence-electron chi connectivity index (χ3n) is 3.33. The largest absolute Gasteiger partial charge is 0.386 e. The van der Waals surface area contributed by atoms with Crippen LogP contribution in [0.4, 0.5) is 0 Å². The Labute approximate surface area is 118 Å². The summed E-state index contributed by atoms with van der Waals surface area (Å²) in [5.41, 5.74) is 6.20. The first-order valence-electron chi connectivity index (χ1n) is 6.48. The van der Waals surface area contributed by atoms with Gasteiger partial charge in [0, 0.05) is 13.2 Å². The van der Waals surface area contributed by atoms with Crippen LogP contribution in [0.5, 0.6) is 0 Å². The molecule has 1 heterocycles. The first-order chi connectivity index (χ1) is 9.50. The fourth-order valence-corrected chi connectivity index (χ4v) is 3.80. The molecule has 20 heavy (non-hydrogen) atoms. The van der Waals surface area contributed by atoms with E-state index in [-0.39, 0.29) is 5.84 Å². The summed E-state index contributed by atoms with van der Waals surface area (Å²) in [6.07, 6.45) is 0.934. The zero-order valence-electron chi connectivity index (χ0n) is 11.1. The molecule has 1 atom stereocenters. The van der Waals surface area contributed by atoms with Crippen LogP contribution in [-0.4, -0.2) is 32.7 Å². The van der Waals surface area contributed by atoms with E-state index in [1.54, 1.807) is 24.3 Å². The maximum atomic E-state index is 12.4. The van der Waals surface area contributed by atoms with Crippen molar-refractivity contribution in [3.63, 3.8) is 0 Å². The van der Waals surface area contributed by atoms with Gasteiger partial charge in [0.05, 0.1) is 5.25 Å². The van der Waals surface area contributed by atoms with Gasteiger partial charge in [-0.3, -0.25) is 5.41 Å². The van der Waals surface area contributed by atoms with Crippen molar-refractivity contribution in [2.45, 2.75) is 24.1 Å². The van der Waals surface area contributed by atoms with Crippen molar-refractivity contribution in [1.82, 2.24) is 4.72 Å². The summed E-state index contributed by atoms with van der Waals surface area (Å²) in [6, 6.07) is 8.08. The molecule has 7 heteroatoms. The molecular weight excluding hydrogens is 278 g/mol. The van der Waals surface area contributed by atoms with Crippen molar-refractivity contribution in [2.24, 2.45) is 5.73 Å². The van der Waals surface area contributed by atoms with Gasteiger partial charge in [-0.05, 0) is 18.4 Å².